The van der Waals surface area contributed by atoms with Crippen molar-refractivity contribution in [3.8, 4) is 0 Å². The van der Waals surface area contributed by atoms with Crippen LogP contribution in [0.25, 0.3) is 5.76 Å². The number of aliphatic hydroxyl groups is 1. The van der Waals surface area contributed by atoms with Crippen LogP contribution in [-0.4, -0.2) is 20.6 Å². The summed E-state index contributed by atoms with van der Waals surface area (Å²) in [7, 11) is -2.69. The Labute approximate surface area is 124 Å². The number of aliphatic hydroxyl groups excluding tert-OH is 1. The number of hydrogen-bond donors (Lipinski definition) is 1. The number of hydrogen-bond acceptors (Lipinski definition) is 4. The van der Waals surface area contributed by atoms with E-state index in [0.717, 1.165) is 5.56 Å². The average molecular weight is 304 g/mol. The molecule has 2 aromatic carbocycles. The van der Waals surface area contributed by atoms with E-state index in [1.807, 2.05) is 6.92 Å². The number of sulfone groups is 1. The van der Waals surface area contributed by atoms with Gasteiger partial charge in [0.2, 0.25) is 9.84 Å². The van der Waals surface area contributed by atoms with Gasteiger partial charge in [-0.2, -0.15) is 0 Å². The van der Waals surface area contributed by atoms with Crippen LogP contribution in [-0.2, 0) is 14.6 Å². The van der Waals surface area contributed by atoms with E-state index in [1.54, 1.807) is 42.5 Å². The molecule has 5 heteroatoms. The quantitative estimate of drug-likeness (QED) is 0.880. The van der Waals surface area contributed by atoms with Crippen LogP contribution in [0.15, 0.2) is 64.6 Å². The van der Waals surface area contributed by atoms with E-state index in [-0.39, 0.29) is 4.90 Å². The highest BCUT2D eigenvalue weighted by atomic mass is 32.2. The molecular weight excluding hydrogens is 288 g/mol. The largest absolute Gasteiger partial charge is 0.503 e. The van der Waals surface area contributed by atoms with Crippen LogP contribution in [0.2, 0.25) is 0 Å². The Hall–Kier alpha value is -2.27. The third-order valence-electron chi connectivity index (χ3n) is 3.00. The molecular formula is C16H16O4S. The summed E-state index contributed by atoms with van der Waals surface area (Å²) in [5, 5.41) is 9.75. The smallest absolute Gasteiger partial charge is 0.259 e. The summed E-state index contributed by atoms with van der Waals surface area (Å²) in [6.45, 7) is 1.87. The average Bonchev–Trinajstić information content (AvgIpc) is 2.49. The minimum absolute atomic E-state index is 0.0763. The highest BCUT2D eigenvalue weighted by Crippen LogP contribution is 2.26. The Bertz CT molecular complexity index is 745. The molecule has 110 valence electrons. The van der Waals surface area contributed by atoms with Gasteiger partial charge in [-0.3, -0.25) is 0 Å². The molecule has 0 aliphatic rings. The Morgan fingerprint density at radius 2 is 1.57 bits per heavy atom. The first-order valence-electron chi connectivity index (χ1n) is 6.31. The monoisotopic (exact) mass is 304 g/mol. The van der Waals surface area contributed by atoms with Gasteiger partial charge < -0.3 is 9.84 Å². The third kappa shape index (κ3) is 3.08. The van der Waals surface area contributed by atoms with E-state index in [1.165, 1.54) is 19.2 Å². The number of methoxy groups -OCH3 is 1. The van der Waals surface area contributed by atoms with Crippen molar-refractivity contribution >= 4 is 15.6 Å². The molecule has 0 bridgehead atoms. The molecule has 0 fully saturated rings. The molecule has 1 N–H and O–H groups in total. The highest BCUT2D eigenvalue weighted by molar-refractivity contribution is 7.95. The van der Waals surface area contributed by atoms with E-state index in [0.29, 0.717) is 5.56 Å². The van der Waals surface area contributed by atoms with Gasteiger partial charge in [-0.05, 0) is 19.1 Å². The zero-order valence-electron chi connectivity index (χ0n) is 11.8. The molecule has 21 heavy (non-hydrogen) atoms. The zero-order chi connectivity index (χ0) is 15.5. The lowest BCUT2D eigenvalue weighted by atomic mass is 10.2. The number of aryl methyl sites for hydroxylation is 1. The van der Waals surface area contributed by atoms with Crippen molar-refractivity contribution in [1.29, 1.82) is 0 Å². The van der Waals surface area contributed by atoms with Crippen LogP contribution >= 0.6 is 0 Å². The van der Waals surface area contributed by atoms with E-state index < -0.39 is 20.7 Å². The van der Waals surface area contributed by atoms with Crippen LogP contribution in [0.5, 0.6) is 0 Å². The fourth-order valence-corrected chi connectivity index (χ4v) is 3.17. The maximum absolute atomic E-state index is 12.5. The molecule has 0 spiro atoms. The van der Waals surface area contributed by atoms with Crippen LogP contribution < -0.4 is 0 Å². The molecule has 0 amide bonds. The predicted molar refractivity (Wildman–Crippen MR) is 81.4 cm³/mol. The molecule has 0 radical (unpaired) electrons. The second kappa shape index (κ2) is 6.01. The lowest BCUT2D eigenvalue weighted by Gasteiger charge is -2.11. The van der Waals surface area contributed by atoms with Crippen molar-refractivity contribution in [3.05, 3.63) is 70.8 Å². The van der Waals surface area contributed by atoms with Crippen LogP contribution in [0.4, 0.5) is 0 Å². The van der Waals surface area contributed by atoms with E-state index in [2.05, 4.69) is 0 Å². The van der Waals surface area contributed by atoms with Gasteiger partial charge in [0, 0.05) is 5.56 Å². The first-order chi connectivity index (χ1) is 9.96. The van der Waals surface area contributed by atoms with Crippen molar-refractivity contribution in [1.82, 2.24) is 0 Å². The standard InChI is InChI=1S/C16H16O4S/c1-12-8-10-14(11-9-12)21(18,19)16(20-2)15(17)13-6-4-3-5-7-13/h3-11,17H,1-2H3/b16-15-. The van der Waals surface area contributed by atoms with Gasteiger partial charge >= 0.3 is 0 Å². The fourth-order valence-electron chi connectivity index (χ4n) is 1.87. The molecule has 0 atom stereocenters. The lowest BCUT2D eigenvalue weighted by molar-refractivity contribution is 0.305. The van der Waals surface area contributed by atoms with Gasteiger partial charge in [-0.1, -0.05) is 48.0 Å². The first kappa shape index (κ1) is 15.1. The van der Waals surface area contributed by atoms with Gasteiger partial charge in [-0.15, -0.1) is 0 Å². The van der Waals surface area contributed by atoms with Gasteiger partial charge in [0.05, 0.1) is 12.0 Å². The number of benzene rings is 2. The first-order valence-corrected chi connectivity index (χ1v) is 7.79. The number of rotatable bonds is 4. The lowest BCUT2D eigenvalue weighted by Crippen LogP contribution is -2.09. The van der Waals surface area contributed by atoms with E-state index >= 15 is 0 Å². The van der Waals surface area contributed by atoms with Gasteiger partial charge in [0.25, 0.3) is 5.09 Å². The molecule has 4 nitrogen and oxygen atoms in total. The van der Waals surface area contributed by atoms with Crippen LogP contribution in [0, 0.1) is 6.92 Å². The van der Waals surface area contributed by atoms with Crippen molar-refractivity contribution in [3.63, 3.8) is 0 Å². The highest BCUT2D eigenvalue weighted by Gasteiger charge is 2.26. The van der Waals surface area contributed by atoms with Crippen molar-refractivity contribution < 1.29 is 18.3 Å². The summed E-state index contributed by atoms with van der Waals surface area (Å²) in [5.74, 6) is -0.404. The molecule has 0 aromatic heterocycles. The molecule has 0 aliphatic heterocycles. The van der Waals surface area contributed by atoms with E-state index in [4.69, 9.17) is 4.74 Å². The Kier molecular flexibility index (Phi) is 4.33. The normalized spacial score (nSPS) is 12.7. The van der Waals surface area contributed by atoms with Crippen LogP contribution in [0.3, 0.4) is 0 Å². The minimum Gasteiger partial charge on any atom is -0.503 e. The summed E-state index contributed by atoms with van der Waals surface area (Å²) >= 11 is 0. The molecule has 0 saturated carbocycles. The summed E-state index contributed by atoms with van der Waals surface area (Å²) in [4.78, 5) is 0.0763. The summed E-state index contributed by atoms with van der Waals surface area (Å²) in [6, 6.07) is 14.8. The molecule has 2 rings (SSSR count). The molecule has 0 saturated heterocycles. The molecule has 0 heterocycles. The van der Waals surface area contributed by atoms with Gasteiger partial charge in [0.1, 0.15) is 0 Å². The van der Waals surface area contributed by atoms with Gasteiger partial charge in [-0.25, -0.2) is 8.42 Å². The maximum Gasteiger partial charge on any atom is 0.259 e. The second-order valence-electron chi connectivity index (χ2n) is 4.52. The molecule has 0 aliphatic carbocycles. The summed E-state index contributed by atoms with van der Waals surface area (Å²) in [6.07, 6.45) is 0. The predicted octanol–water partition coefficient (Wildman–Crippen LogP) is 3.30. The topological polar surface area (TPSA) is 63.6 Å². The zero-order valence-corrected chi connectivity index (χ0v) is 12.6. The molecule has 2 aromatic rings. The Balaban J connectivity index is 2.57. The molecule has 0 unspecified atom stereocenters. The fraction of sp³-hybridized carbons (Fsp3) is 0.125. The van der Waals surface area contributed by atoms with Crippen LogP contribution in [0.1, 0.15) is 11.1 Å². The summed E-state index contributed by atoms with van der Waals surface area (Å²) in [5.41, 5.74) is 1.33. The SMILES string of the molecule is CO/C(=C(/O)c1ccccc1)S(=O)(=O)c1ccc(C)cc1. The second-order valence-corrected chi connectivity index (χ2v) is 6.37. The van der Waals surface area contributed by atoms with Crippen molar-refractivity contribution in [2.75, 3.05) is 7.11 Å². The number of ether oxygens (including phenoxy) is 1. The minimum atomic E-state index is -3.91. The van der Waals surface area contributed by atoms with Crippen molar-refractivity contribution in [2.45, 2.75) is 11.8 Å². The van der Waals surface area contributed by atoms with Crippen molar-refractivity contribution in [2.24, 2.45) is 0 Å². The maximum atomic E-state index is 12.5. The third-order valence-corrected chi connectivity index (χ3v) is 4.74. The summed E-state index contributed by atoms with van der Waals surface area (Å²) < 4.78 is 30.1. The Morgan fingerprint density at radius 1 is 1.00 bits per heavy atom. The van der Waals surface area contributed by atoms with Gasteiger partial charge in [0.15, 0.2) is 5.76 Å². The van der Waals surface area contributed by atoms with E-state index in [9.17, 15) is 13.5 Å². The Morgan fingerprint density at radius 3 is 2.10 bits per heavy atom.